The fraction of sp³-hybridized carbons (Fsp3) is 0.556. The minimum Gasteiger partial charge on any atom is -0.393 e. The van der Waals surface area contributed by atoms with Gasteiger partial charge in [0.1, 0.15) is 11.6 Å². The van der Waals surface area contributed by atoms with Crippen LogP contribution in [0.25, 0.3) is 0 Å². The first-order valence-electron chi connectivity index (χ1n) is 5.05. The Morgan fingerprint density at radius 2 is 2.12 bits per heavy atom. The van der Waals surface area contributed by atoms with E-state index >= 15 is 0 Å². The van der Waals surface area contributed by atoms with Crippen LogP contribution >= 0.6 is 11.8 Å². The van der Waals surface area contributed by atoms with Gasteiger partial charge in [-0.1, -0.05) is 11.8 Å². The van der Waals surface area contributed by atoms with Crippen LogP contribution in [0.3, 0.4) is 0 Å². The molecule has 0 atom stereocenters. The van der Waals surface area contributed by atoms with Crippen molar-refractivity contribution in [2.45, 2.75) is 30.1 Å². The average Bonchev–Trinajstić information content (AvgIpc) is 2.26. The quantitative estimate of drug-likeness (QED) is 0.262. The molecule has 5 N–H and O–H groups in total. The Bertz CT molecular complexity index is 347. The van der Waals surface area contributed by atoms with Gasteiger partial charge >= 0.3 is 0 Å². The highest BCUT2D eigenvalue weighted by atomic mass is 32.2. The van der Waals surface area contributed by atoms with Crippen molar-refractivity contribution < 1.29 is 5.11 Å². The standard InChI is InChI=1S/C9H15N5OS/c1-16-9-12-7(4-8(13-9)14-10)11-5-2-6(15)3-5/h4-6,15H,2-3,10H2,1H3,(H2,11,12,13,14). The maximum Gasteiger partial charge on any atom is 0.191 e. The van der Waals surface area contributed by atoms with Crippen LogP contribution in [0.4, 0.5) is 11.6 Å². The molecule has 1 heterocycles. The van der Waals surface area contributed by atoms with Crippen molar-refractivity contribution in [3.05, 3.63) is 6.07 Å². The van der Waals surface area contributed by atoms with E-state index in [1.807, 2.05) is 6.26 Å². The van der Waals surface area contributed by atoms with Crippen LogP contribution in [0.5, 0.6) is 0 Å². The van der Waals surface area contributed by atoms with Gasteiger partial charge in [-0.05, 0) is 19.1 Å². The Kier molecular flexibility index (Phi) is 3.47. The molecule has 0 aromatic carbocycles. The van der Waals surface area contributed by atoms with Crippen molar-refractivity contribution in [2.24, 2.45) is 5.84 Å². The summed E-state index contributed by atoms with van der Waals surface area (Å²) in [5.74, 6) is 6.65. The first kappa shape index (κ1) is 11.4. The SMILES string of the molecule is CSc1nc(NN)cc(NC2CC(O)C2)n1. The Balaban J connectivity index is 2.07. The van der Waals surface area contributed by atoms with Crippen molar-refractivity contribution in [3.63, 3.8) is 0 Å². The van der Waals surface area contributed by atoms with Gasteiger partial charge in [-0.3, -0.25) is 0 Å². The zero-order valence-electron chi connectivity index (χ0n) is 8.97. The second kappa shape index (κ2) is 4.86. The van der Waals surface area contributed by atoms with Gasteiger partial charge in [0, 0.05) is 12.1 Å². The third kappa shape index (κ3) is 2.55. The number of aromatic nitrogens is 2. The van der Waals surface area contributed by atoms with Gasteiger partial charge in [0.2, 0.25) is 0 Å². The molecule has 1 aromatic rings. The second-order valence-corrected chi connectivity index (χ2v) is 4.51. The number of nitrogens with two attached hydrogens (primary N) is 1. The lowest BCUT2D eigenvalue weighted by atomic mass is 9.89. The summed E-state index contributed by atoms with van der Waals surface area (Å²) >= 11 is 1.46. The number of nitrogen functional groups attached to an aromatic ring is 1. The molecule has 1 fully saturated rings. The van der Waals surface area contributed by atoms with E-state index in [1.54, 1.807) is 6.07 Å². The van der Waals surface area contributed by atoms with Gasteiger partial charge < -0.3 is 15.8 Å². The molecule has 1 aromatic heterocycles. The molecule has 6 nitrogen and oxygen atoms in total. The maximum absolute atomic E-state index is 9.19. The molecule has 1 aliphatic rings. The summed E-state index contributed by atoms with van der Waals surface area (Å²) < 4.78 is 0. The van der Waals surface area contributed by atoms with Crippen molar-refractivity contribution >= 4 is 23.4 Å². The highest BCUT2D eigenvalue weighted by Gasteiger charge is 2.27. The number of aliphatic hydroxyl groups excluding tert-OH is 1. The number of hydrogen-bond donors (Lipinski definition) is 4. The van der Waals surface area contributed by atoms with Gasteiger partial charge in [-0.2, -0.15) is 0 Å². The third-order valence-corrected chi connectivity index (χ3v) is 3.05. The molecule has 0 unspecified atom stereocenters. The fourth-order valence-electron chi connectivity index (χ4n) is 1.58. The van der Waals surface area contributed by atoms with Gasteiger partial charge in [0.15, 0.2) is 5.16 Å². The van der Waals surface area contributed by atoms with E-state index in [4.69, 9.17) is 5.84 Å². The molecule has 1 saturated carbocycles. The summed E-state index contributed by atoms with van der Waals surface area (Å²) in [6.45, 7) is 0. The van der Waals surface area contributed by atoms with Crippen LogP contribution in [0.15, 0.2) is 11.2 Å². The molecule has 2 rings (SSSR count). The fourth-order valence-corrected chi connectivity index (χ4v) is 1.96. The monoisotopic (exact) mass is 241 g/mol. The van der Waals surface area contributed by atoms with Crippen LogP contribution in [-0.4, -0.2) is 33.5 Å². The summed E-state index contributed by atoms with van der Waals surface area (Å²) in [6.07, 6.45) is 3.27. The van der Waals surface area contributed by atoms with Gasteiger partial charge in [-0.15, -0.1) is 0 Å². The van der Waals surface area contributed by atoms with Crippen LogP contribution in [-0.2, 0) is 0 Å². The van der Waals surface area contributed by atoms with Crippen molar-refractivity contribution in [1.29, 1.82) is 0 Å². The van der Waals surface area contributed by atoms with E-state index in [0.717, 1.165) is 18.7 Å². The Morgan fingerprint density at radius 3 is 2.69 bits per heavy atom. The zero-order chi connectivity index (χ0) is 11.5. The second-order valence-electron chi connectivity index (χ2n) is 3.74. The average molecular weight is 241 g/mol. The summed E-state index contributed by atoms with van der Waals surface area (Å²) in [5.41, 5.74) is 2.51. The van der Waals surface area contributed by atoms with Crippen LogP contribution in [0, 0.1) is 0 Å². The number of hydrazine groups is 1. The van der Waals surface area contributed by atoms with Crippen molar-refractivity contribution in [1.82, 2.24) is 9.97 Å². The molecule has 0 bridgehead atoms. The van der Waals surface area contributed by atoms with E-state index in [9.17, 15) is 5.11 Å². The predicted octanol–water partition coefficient (Wildman–Crippen LogP) is 0.419. The molecule has 0 spiro atoms. The molecule has 0 amide bonds. The maximum atomic E-state index is 9.19. The number of anilines is 2. The summed E-state index contributed by atoms with van der Waals surface area (Å²) in [6, 6.07) is 2.05. The van der Waals surface area contributed by atoms with E-state index in [-0.39, 0.29) is 6.10 Å². The molecule has 1 aliphatic carbocycles. The zero-order valence-corrected chi connectivity index (χ0v) is 9.79. The van der Waals surface area contributed by atoms with Crippen molar-refractivity contribution in [2.75, 3.05) is 17.0 Å². The number of rotatable bonds is 4. The Labute approximate surface area is 98.0 Å². The summed E-state index contributed by atoms with van der Waals surface area (Å²) in [7, 11) is 0. The number of nitrogens with one attached hydrogen (secondary N) is 2. The normalized spacial score (nSPS) is 23.7. The minimum atomic E-state index is -0.175. The van der Waals surface area contributed by atoms with Gasteiger partial charge in [0.25, 0.3) is 0 Å². The number of thioether (sulfide) groups is 1. The molecule has 7 heteroatoms. The lowest BCUT2D eigenvalue weighted by Crippen LogP contribution is -2.39. The highest BCUT2D eigenvalue weighted by molar-refractivity contribution is 7.98. The molecule has 88 valence electrons. The number of nitrogens with zero attached hydrogens (tertiary/aromatic N) is 2. The Hall–Kier alpha value is -1.05. The van der Waals surface area contributed by atoms with Crippen LogP contribution in [0.2, 0.25) is 0 Å². The lowest BCUT2D eigenvalue weighted by Gasteiger charge is -2.32. The van der Waals surface area contributed by atoms with Crippen molar-refractivity contribution in [3.8, 4) is 0 Å². The first-order valence-corrected chi connectivity index (χ1v) is 6.28. The van der Waals surface area contributed by atoms with Crippen LogP contribution < -0.4 is 16.6 Å². The van der Waals surface area contributed by atoms with E-state index in [2.05, 4.69) is 20.7 Å². The van der Waals surface area contributed by atoms with Crippen LogP contribution in [0.1, 0.15) is 12.8 Å². The van der Waals surface area contributed by atoms with Gasteiger partial charge in [-0.25, -0.2) is 15.8 Å². The minimum absolute atomic E-state index is 0.175. The number of aliphatic hydroxyl groups is 1. The lowest BCUT2D eigenvalue weighted by molar-refractivity contribution is 0.0835. The van der Waals surface area contributed by atoms with Gasteiger partial charge in [0.05, 0.1) is 6.10 Å². The summed E-state index contributed by atoms with van der Waals surface area (Å²) in [4.78, 5) is 8.47. The third-order valence-electron chi connectivity index (χ3n) is 2.50. The highest BCUT2D eigenvalue weighted by Crippen LogP contribution is 2.24. The largest absolute Gasteiger partial charge is 0.393 e. The molecular weight excluding hydrogens is 226 g/mol. The molecule has 16 heavy (non-hydrogen) atoms. The molecular formula is C9H15N5OS. The topological polar surface area (TPSA) is 96.1 Å². The van der Waals surface area contributed by atoms with E-state index < -0.39 is 0 Å². The first-order chi connectivity index (χ1) is 7.71. The summed E-state index contributed by atoms with van der Waals surface area (Å²) in [5, 5.41) is 13.1. The Morgan fingerprint density at radius 1 is 1.44 bits per heavy atom. The van der Waals surface area contributed by atoms with E-state index in [0.29, 0.717) is 17.0 Å². The predicted molar refractivity (Wildman–Crippen MR) is 64.3 cm³/mol. The molecule has 0 radical (unpaired) electrons. The molecule has 0 aliphatic heterocycles. The number of hydrogen-bond acceptors (Lipinski definition) is 7. The van der Waals surface area contributed by atoms with E-state index in [1.165, 1.54) is 11.8 Å². The molecule has 0 saturated heterocycles. The smallest absolute Gasteiger partial charge is 0.191 e.